The Balaban J connectivity index is 1.70. The van der Waals surface area contributed by atoms with E-state index in [2.05, 4.69) is 27.3 Å². The summed E-state index contributed by atoms with van der Waals surface area (Å²) >= 11 is 0. The van der Waals surface area contributed by atoms with Gasteiger partial charge >= 0.3 is 0 Å². The van der Waals surface area contributed by atoms with Gasteiger partial charge in [0.2, 0.25) is 0 Å². The molecule has 1 aromatic carbocycles. The van der Waals surface area contributed by atoms with Crippen LogP contribution in [0.2, 0.25) is 0 Å². The molecule has 0 spiro atoms. The van der Waals surface area contributed by atoms with Crippen molar-refractivity contribution in [1.82, 2.24) is 10.3 Å². The minimum atomic E-state index is -0.459. The minimum absolute atomic E-state index is 0.299. The number of benzene rings is 1. The number of aliphatic hydroxyl groups excluding tert-OH is 1. The van der Waals surface area contributed by atoms with Crippen LogP contribution in [0.3, 0.4) is 0 Å². The predicted molar refractivity (Wildman–Crippen MR) is 95.9 cm³/mol. The molecule has 0 bridgehead atoms. The van der Waals surface area contributed by atoms with Crippen LogP contribution < -0.4 is 10.2 Å². The van der Waals surface area contributed by atoms with Gasteiger partial charge in [0, 0.05) is 37.9 Å². The number of rotatable bonds is 5. The van der Waals surface area contributed by atoms with Crippen molar-refractivity contribution in [2.45, 2.75) is 0 Å². The van der Waals surface area contributed by atoms with E-state index in [4.69, 9.17) is 5.11 Å². The summed E-state index contributed by atoms with van der Waals surface area (Å²) in [6.45, 7) is 3.51. The van der Waals surface area contributed by atoms with Gasteiger partial charge in [-0.1, -0.05) is 30.3 Å². The maximum atomic E-state index is 11.1. The Morgan fingerprint density at radius 3 is 2.46 bits per heavy atom. The molecule has 124 valence electrons. The van der Waals surface area contributed by atoms with Gasteiger partial charge in [0.05, 0.1) is 0 Å². The Morgan fingerprint density at radius 2 is 1.83 bits per heavy atom. The molecule has 1 fully saturated rings. The Morgan fingerprint density at radius 1 is 1.12 bits per heavy atom. The first-order chi connectivity index (χ1) is 11.8. The van der Waals surface area contributed by atoms with E-state index in [1.165, 1.54) is 6.08 Å². The molecule has 24 heavy (non-hydrogen) atoms. The number of carbonyl (C=O) groups is 1. The first-order valence-corrected chi connectivity index (χ1v) is 8.10. The number of nitrogens with zero attached hydrogens (tertiary/aromatic N) is 2. The number of pyridine rings is 1. The molecular weight excluding hydrogens is 302 g/mol. The number of anilines is 1. The van der Waals surface area contributed by atoms with Crippen molar-refractivity contribution in [3.63, 3.8) is 0 Å². The van der Waals surface area contributed by atoms with Crippen molar-refractivity contribution in [3.8, 4) is 11.1 Å². The molecule has 0 amide bonds. The summed E-state index contributed by atoms with van der Waals surface area (Å²) in [5, 5.41) is 12.0. The Bertz CT molecular complexity index is 702. The van der Waals surface area contributed by atoms with Crippen molar-refractivity contribution >= 4 is 17.7 Å². The number of aliphatic hydroxyl groups is 1. The SMILES string of the molecule is O=C(/C=C/c1ccc(-c2ccc(N3CCNCC3)nc2)cc1)CO. The van der Waals surface area contributed by atoms with Gasteiger partial charge in [-0.25, -0.2) is 4.98 Å². The highest BCUT2D eigenvalue weighted by Crippen LogP contribution is 2.22. The van der Waals surface area contributed by atoms with Crippen LogP contribution in [0.4, 0.5) is 5.82 Å². The van der Waals surface area contributed by atoms with Crippen molar-refractivity contribution in [1.29, 1.82) is 0 Å². The lowest BCUT2D eigenvalue weighted by Crippen LogP contribution is -2.43. The molecule has 0 atom stereocenters. The Labute approximate surface area is 141 Å². The van der Waals surface area contributed by atoms with Crippen molar-refractivity contribution in [3.05, 3.63) is 54.2 Å². The summed E-state index contributed by atoms with van der Waals surface area (Å²) in [6.07, 6.45) is 4.99. The maximum Gasteiger partial charge on any atom is 0.181 e. The van der Waals surface area contributed by atoms with E-state index in [0.717, 1.165) is 48.7 Å². The lowest BCUT2D eigenvalue weighted by atomic mass is 10.1. The molecule has 0 aliphatic carbocycles. The number of hydrogen-bond acceptors (Lipinski definition) is 5. The smallest absolute Gasteiger partial charge is 0.181 e. The second-order valence-electron chi connectivity index (χ2n) is 5.72. The monoisotopic (exact) mass is 323 g/mol. The zero-order valence-electron chi connectivity index (χ0n) is 13.5. The molecule has 1 aliphatic rings. The average Bonchev–Trinajstić information content (AvgIpc) is 2.67. The molecule has 1 aliphatic heterocycles. The number of carbonyl (C=O) groups excluding carboxylic acids is 1. The highest BCUT2D eigenvalue weighted by molar-refractivity contribution is 5.94. The summed E-state index contributed by atoms with van der Waals surface area (Å²) in [5.41, 5.74) is 3.07. The third-order valence-electron chi connectivity index (χ3n) is 4.05. The fourth-order valence-electron chi connectivity index (χ4n) is 2.67. The topological polar surface area (TPSA) is 65.5 Å². The summed E-state index contributed by atoms with van der Waals surface area (Å²) in [5.74, 6) is 0.717. The molecule has 0 unspecified atom stereocenters. The van der Waals surface area contributed by atoms with E-state index >= 15 is 0 Å². The van der Waals surface area contributed by atoms with Crippen molar-refractivity contribution in [2.75, 3.05) is 37.7 Å². The molecule has 0 saturated carbocycles. The van der Waals surface area contributed by atoms with E-state index in [1.807, 2.05) is 30.5 Å². The summed E-state index contributed by atoms with van der Waals surface area (Å²) < 4.78 is 0. The van der Waals surface area contributed by atoms with Gasteiger partial charge in [0.1, 0.15) is 12.4 Å². The standard InChI is InChI=1S/C19H21N3O2/c23-14-18(24)7-3-15-1-4-16(5-2-15)17-6-8-19(21-13-17)22-11-9-20-10-12-22/h1-8,13,20,23H,9-12,14H2/b7-3+. The van der Waals surface area contributed by atoms with Crippen LogP contribution in [0.5, 0.6) is 0 Å². The summed E-state index contributed by atoms with van der Waals surface area (Å²) in [7, 11) is 0. The number of ketones is 1. The third kappa shape index (κ3) is 4.07. The second kappa shape index (κ2) is 7.86. The molecule has 0 radical (unpaired) electrons. The molecule has 2 N–H and O–H groups in total. The van der Waals surface area contributed by atoms with E-state index in [9.17, 15) is 4.79 Å². The number of nitrogens with one attached hydrogen (secondary N) is 1. The van der Waals surface area contributed by atoms with Crippen LogP contribution in [0.15, 0.2) is 48.7 Å². The Kier molecular flexibility index (Phi) is 5.36. The summed E-state index contributed by atoms with van der Waals surface area (Å²) in [4.78, 5) is 18.0. The zero-order chi connectivity index (χ0) is 16.8. The molecule has 2 heterocycles. The minimum Gasteiger partial charge on any atom is -0.388 e. The van der Waals surface area contributed by atoms with Crippen molar-refractivity contribution < 1.29 is 9.90 Å². The van der Waals surface area contributed by atoms with Crippen LogP contribution in [0.25, 0.3) is 17.2 Å². The predicted octanol–water partition coefficient (Wildman–Crippen LogP) is 1.73. The molecular formula is C19H21N3O2. The van der Waals surface area contributed by atoms with Crippen LogP contribution in [-0.2, 0) is 4.79 Å². The highest BCUT2D eigenvalue weighted by Gasteiger charge is 2.11. The van der Waals surface area contributed by atoms with Crippen LogP contribution in [-0.4, -0.2) is 48.7 Å². The number of aromatic nitrogens is 1. The third-order valence-corrected chi connectivity index (χ3v) is 4.05. The molecule has 1 aromatic heterocycles. The van der Waals surface area contributed by atoms with Gasteiger partial charge < -0.3 is 15.3 Å². The van der Waals surface area contributed by atoms with Gasteiger partial charge in [-0.3, -0.25) is 4.79 Å². The van der Waals surface area contributed by atoms with Crippen LogP contribution in [0.1, 0.15) is 5.56 Å². The van der Waals surface area contributed by atoms with E-state index in [0.29, 0.717) is 0 Å². The zero-order valence-corrected chi connectivity index (χ0v) is 13.5. The fraction of sp³-hybridized carbons (Fsp3) is 0.263. The average molecular weight is 323 g/mol. The Hall–Kier alpha value is -2.50. The first-order valence-electron chi connectivity index (χ1n) is 8.10. The maximum absolute atomic E-state index is 11.1. The normalized spacial score (nSPS) is 15.0. The molecule has 2 aromatic rings. The number of hydrogen-bond donors (Lipinski definition) is 2. The van der Waals surface area contributed by atoms with Gasteiger partial charge in [-0.15, -0.1) is 0 Å². The molecule has 5 nitrogen and oxygen atoms in total. The lowest BCUT2D eigenvalue weighted by Gasteiger charge is -2.28. The molecule has 3 rings (SSSR count). The van der Waals surface area contributed by atoms with Gasteiger partial charge in [0.25, 0.3) is 0 Å². The van der Waals surface area contributed by atoms with Crippen LogP contribution in [0, 0.1) is 0 Å². The van der Waals surface area contributed by atoms with Crippen LogP contribution >= 0.6 is 0 Å². The van der Waals surface area contributed by atoms with E-state index in [-0.39, 0.29) is 5.78 Å². The first kappa shape index (κ1) is 16.4. The van der Waals surface area contributed by atoms with Gasteiger partial charge in [-0.2, -0.15) is 0 Å². The van der Waals surface area contributed by atoms with E-state index in [1.54, 1.807) is 6.08 Å². The van der Waals surface area contributed by atoms with Crippen molar-refractivity contribution in [2.24, 2.45) is 0 Å². The summed E-state index contributed by atoms with van der Waals surface area (Å²) in [6, 6.07) is 12.1. The fourth-order valence-corrected chi connectivity index (χ4v) is 2.67. The number of piperazine rings is 1. The molecule has 1 saturated heterocycles. The molecule has 5 heteroatoms. The highest BCUT2D eigenvalue weighted by atomic mass is 16.3. The van der Waals surface area contributed by atoms with E-state index < -0.39 is 6.61 Å². The largest absolute Gasteiger partial charge is 0.388 e. The quantitative estimate of drug-likeness (QED) is 0.821. The van der Waals surface area contributed by atoms with Gasteiger partial charge in [-0.05, 0) is 29.3 Å². The second-order valence-corrected chi connectivity index (χ2v) is 5.72. The van der Waals surface area contributed by atoms with Gasteiger partial charge in [0.15, 0.2) is 5.78 Å². The lowest BCUT2D eigenvalue weighted by molar-refractivity contribution is -0.117.